The van der Waals surface area contributed by atoms with E-state index in [0.717, 1.165) is 25.3 Å². The van der Waals surface area contributed by atoms with Crippen LogP contribution in [-0.2, 0) is 0 Å². The lowest BCUT2D eigenvalue weighted by molar-refractivity contribution is 0.383. The number of fused-ring (bicyclic) bond motifs is 1. The topological polar surface area (TPSA) is 106 Å². The Kier molecular flexibility index (Phi) is 4.34. The number of nitrogens with zero attached hydrogens (tertiary/aromatic N) is 5. The zero-order chi connectivity index (χ0) is 18.3. The molecule has 1 fully saturated rings. The summed E-state index contributed by atoms with van der Waals surface area (Å²) in [6.07, 6.45) is 4.25. The quantitative estimate of drug-likeness (QED) is 0.655. The highest BCUT2D eigenvalue weighted by atomic mass is 35.5. The molecule has 1 atom stereocenters. The number of anilines is 1. The largest absolute Gasteiger partial charge is 0.434 e. The van der Waals surface area contributed by atoms with Crippen molar-refractivity contribution in [1.82, 2.24) is 25.1 Å². The number of pyridine rings is 1. The normalized spacial score (nSPS) is 20.1. The average Bonchev–Trinajstić information content (AvgIpc) is 3.23. The van der Waals surface area contributed by atoms with Gasteiger partial charge in [-0.25, -0.2) is 15.0 Å². The van der Waals surface area contributed by atoms with Crippen LogP contribution in [0.15, 0.2) is 18.5 Å². The molecule has 4 rings (SSSR count). The third kappa shape index (κ3) is 3.04. The molecule has 26 heavy (non-hydrogen) atoms. The summed E-state index contributed by atoms with van der Waals surface area (Å²) < 4.78 is 5.73. The predicted molar refractivity (Wildman–Crippen MR) is 100 cm³/mol. The Morgan fingerprint density at radius 2 is 2.23 bits per heavy atom. The van der Waals surface area contributed by atoms with Crippen molar-refractivity contribution in [3.8, 4) is 11.6 Å². The van der Waals surface area contributed by atoms with Crippen LogP contribution < -0.4 is 15.4 Å². The fourth-order valence-electron chi connectivity index (χ4n) is 2.97. The smallest absolute Gasteiger partial charge is 0.266 e. The molecule has 0 aliphatic carbocycles. The Bertz CT molecular complexity index is 963. The van der Waals surface area contributed by atoms with Gasteiger partial charge in [-0.05, 0) is 18.4 Å². The Morgan fingerprint density at radius 1 is 1.38 bits per heavy atom. The zero-order valence-corrected chi connectivity index (χ0v) is 15.5. The van der Waals surface area contributed by atoms with Crippen molar-refractivity contribution in [2.45, 2.75) is 13.3 Å². The van der Waals surface area contributed by atoms with Gasteiger partial charge >= 0.3 is 0 Å². The van der Waals surface area contributed by atoms with Gasteiger partial charge in [0, 0.05) is 25.4 Å². The molecule has 0 bridgehead atoms. The monoisotopic (exact) mass is 393 g/mol. The molecule has 0 spiro atoms. The van der Waals surface area contributed by atoms with E-state index >= 15 is 0 Å². The highest BCUT2D eigenvalue weighted by molar-refractivity contribution is 6.42. The summed E-state index contributed by atoms with van der Waals surface area (Å²) >= 11 is 12.0. The van der Waals surface area contributed by atoms with Crippen LogP contribution in [0.25, 0.3) is 11.2 Å². The molecule has 0 amide bonds. The van der Waals surface area contributed by atoms with E-state index in [9.17, 15) is 0 Å². The van der Waals surface area contributed by atoms with Gasteiger partial charge in [-0.3, -0.25) is 5.10 Å². The van der Waals surface area contributed by atoms with Crippen LogP contribution in [-0.4, -0.2) is 44.8 Å². The highest BCUT2D eigenvalue weighted by Gasteiger charge is 2.33. The number of aromatic amines is 1. The number of nitrogens with two attached hydrogens (primary N) is 1. The Morgan fingerprint density at radius 3 is 3.00 bits per heavy atom. The van der Waals surface area contributed by atoms with Gasteiger partial charge in [0.1, 0.15) is 10.8 Å². The van der Waals surface area contributed by atoms with Gasteiger partial charge in [0.2, 0.25) is 0 Å². The summed E-state index contributed by atoms with van der Waals surface area (Å²) in [6.45, 7) is 4.59. The van der Waals surface area contributed by atoms with Gasteiger partial charge in [-0.1, -0.05) is 30.1 Å². The number of hydrogen-bond donors (Lipinski definition) is 2. The third-order valence-corrected chi connectivity index (χ3v) is 5.37. The van der Waals surface area contributed by atoms with E-state index in [1.807, 2.05) is 0 Å². The first kappa shape index (κ1) is 17.3. The van der Waals surface area contributed by atoms with Crippen LogP contribution in [0.1, 0.15) is 13.3 Å². The van der Waals surface area contributed by atoms with E-state index in [1.54, 1.807) is 12.3 Å². The number of hydrogen-bond acceptors (Lipinski definition) is 7. The van der Waals surface area contributed by atoms with Crippen molar-refractivity contribution < 1.29 is 4.74 Å². The van der Waals surface area contributed by atoms with Crippen LogP contribution in [0.3, 0.4) is 0 Å². The number of aromatic nitrogens is 5. The molecule has 1 aliphatic heterocycles. The van der Waals surface area contributed by atoms with Crippen LogP contribution in [0.2, 0.25) is 10.2 Å². The maximum Gasteiger partial charge on any atom is 0.266 e. The molecule has 3 aromatic heterocycles. The molecule has 0 saturated carbocycles. The van der Waals surface area contributed by atoms with Crippen LogP contribution in [0.4, 0.5) is 5.82 Å². The molecule has 10 heteroatoms. The van der Waals surface area contributed by atoms with Crippen molar-refractivity contribution in [3.63, 3.8) is 0 Å². The van der Waals surface area contributed by atoms with Gasteiger partial charge in [0.15, 0.2) is 22.1 Å². The fourth-order valence-corrected chi connectivity index (χ4v) is 3.27. The first-order valence-electron chi connectivity index (χ1n) is 8.13. The predicted octanol–water partition coefficient (Wildman–Crippen LogP) is 3.02. The molecule has 1 unspecified atom stereocenters. The minimum atomic E-state index is 0.107. The van der Waals surface area contributed by atoms with Crippen LogP contribution in [0, 0.1) is 5.41 Å². The fraction of sp³-hybridized carbons (Fsp3) is 0.375. The molecule has 136 valence electrons. The van der Waals surface area contributed by atoms with Gasteiger partial charge in [0.05, 0.1) is 6.20 Å². The van der Waals surface area contributed by atoms with E-state index < -0.39 is 0 Å². The lowest BCUT2D eigenvalue weighted by atomic mass is 9.90. The minimum Gasteiger partial charge on any atom is -0.434 e. The molecule has 3 aromatic rings. The molecule has 8 nitrogen and oxygen atoms in total. The van der Waals surface area contributed by atoms with Gasteiger partial charge in [-0.15, -0.1) is 5.10 Å². The molecular weight excluding hydrogens is 377 g/mol. The number of nitrogens with one attached hydrogen (secondary N) is 1. The molecular formula is C16H17Cl2N7O. The molecule has 4 heterocycles. The van der Waals surface area contributed by atoms with E-state index in [1.165, 1.54) is 6.20 Å². The molecule has 1 saturated heterocycles. The lowest BCUT2D eigenvalue weighted by Crippen LogP contribution is -2.31. The number of halogens is 2. The molecule has 0 aromatic carbocycles. The molecule has 1 aliphatic rings. The summed E-state index contributed by atoms with van der Waals surface area (Å²) in [5.41, 5.74) is 7.04. The van der Waals surface area contributed by atoms with Crippen molar-refractivity contribution in [2.24, 2.45) is 11.1 Å². The van der Waals surface area contributed by atoms with E-state index in [4.69, 9.17) is 33.7 Å². The second-order valence-electron chi connectivity index (χ2n) is 6.66. The summed E-state index contributed by atoms with van der Waals surface area (Å²) in [4.78, 5) is 15.1. The lowest BCUT2D eigenvalue weighted by Gasteiger charge is -2.22. The Balaban J connectivity index is 1.61. The third-order valence-electron chi connectivity index (χ3n) is 4.62. The highest BCUT2D eigenvalue weighted by Crippen LogP contribution is 2.35. The second-order valence-corrected chi connectivity index (χ2v) is 7.39. The second kappa shape index (κ2) is 6.53. The van der Waals surface area contributed by atoms with Crippen molar-refractivity contribution in [1.29, 1.82) is 0 Å². The summed E-state index contributed by atoms with van der Waals surface area (Å²) in [6, 6.07) is 1.61. The Labute approximate surface area is 159 Å². The number of ether oxygens (including phenoxy) is 1. The molecule has 3 N–H and O–H groups in total. The standard InChI is InChI=1S/C16H17Cl2N7O/c1-16(7-19)3-5-25(8-16)10-6-21-12-14(22-10)23-24-15(12)26-9-2-4-20-13(18)11(9)17/h2,4,6H,3,5,7-8,19H2,1H3,(H,22,23,24). The van der Waals surface area contributed by atoms with Gasteiger partial charge in [0.25, 0.3) is 5.88 Å². The van der Waals surface area contributed by atoms with Gasteiger partial charge < -0.3 is 15.4 Å². The van der Waals surface area contributed by atoms with Crippen molar-refractivity contribution in [2.75, 3.05) is 24.5 Å². The van der Waals surface area contributed by atoms with Crippen LogP contribution in [0.5, 0.6) is 11.6 Å². The maximum absolute atomic E-state index is 6.10. The number of rotatable bonds is 4. The van der Waals surface area contributed by atoms with Gasteiger partial charge in [-0.2, -0.15) is 0 Å². The SMILES string of the molecule is CC1(CN)CCN(c2cnc3c(Oc4ccnc(Cl)c4Cl)n[nH]c3n2)C1. The average molecular weight is 394 g/mol. The summed E-state index contributed by atoms with van der Waals surface area (Å²) in [5, 5.41) is 7.37. The zero-order valence-electron chi connectivity index (χ0n) is 14.0. The first-order valence-corrected chi connectivity index (χ1v) is 8.89. The number of H-pyrrole nitrogens is 1. The summed E-state index contributed by atoms with van der Waals surface area (Å²) in [7, 11) is 0. The molecule has 0 radical (unpaired) electrons. The maximum atomic E-state index is 6.10. The van der Waals surface area contributed by atoms with Crippen molar-refractivity contribution in [3.05, 3.63) is 28.6 Å². The van der Waals surface area contributed by atoms with E-state index in [-0.39, 0.29) is 21.5 Å². The minimum absolute atomic E-state index is 0.107. The first-order chi connectivity index (χ1) is 12.5. The summed E-state index contributed by atoms with van der Waals surface area (Å²) in [5.74, 6) is 1.41. The van der Waals surface area contributed by atoms with Crippen molar-refractivity contribution >= 4 is 40.2 Å². The van der Waals surface area contributed by atoms with E-state index in [0.29, 0.717) is 23.5 Å². The van der Waals surface area contributed by atoms with Crippen LogP contribution >= 0.6 is 23.2 Å². The van der Waals surface area contributed by atoms with E-state index in [2.05, 4.69) is 37.0 Å². The Hall–Kier alpha value is -2.16.